The van der Waals surface area contributed by atoms with Crippen LogP contribution in [0, 0.1) is 5.41 Å². The standard InChI is InChI=1S/C18H26N4O.2ClH/c1-3-18(4-2,11-19)17(23)20-13-8-9-14-15(10-13)22-16(21-14)12-6-5-7-12;;/h8-10,12H,3-7,11,19H2,1-2H3,(H,20,23)(H,21,22);2*1H. The Morgan fingerprint density at radius 2 is 2.00 bits per heavy atom. The number of hydrogen-bond donors (Lipinski definition) is 3. The maximum atomic E-state index is 12.6. The number of carbonyl (C=O) groups is 1. The molecule has 25 heavy (non-hydrogen) atoms. The summed E-state index contributed by atoms with van der Waals surface area (Å²) in [6, 6.07) is 5.85. The highest BCUT2D eigenvalue weighted by Crippen LogP contribution is 2.35. The second kappa shape index (κ2) is 8.88. The summed E-state index contributed by atoms with van der Waals surface area (Å²) in [4.78, 5) is 20.7. The Hall–Kier alpha value is -1.30. The third-order valence-corrected chi connectivity index (χ3v) is 5.48. The Balaban J connectivity index is 0.00000156. The van der Waals surface area contributed by atoms with Gasteiger partial charge < -0.3 is 16.0 Å². The number of nitrogens with one attached hydrogen (secondary N) is 2. The van der Waals surface area contributed by atoms with E-state index in [1.807, 2.05) is 32.0 Å². The first kappa shape index (κ1) is 21.7. The molecule has 0 atom stereocenters. The number of rotatable bonds is 6. The molecule has 1 aromatic heterocycles. The van der Waals surface area contributed by atoms with Crippen molar-refractivity contribution < 1.29 is 4.79 Å². The van der Waals surface area contributed by atoms with Crippen molar-refractivity contribution in [3.63, 3.8) is 0 Å². The molecule has 1 aliphatic carbocycles. The fourth-order valence-electron chi connectivity index (χ4n) is 3.20. The van der Waals surface area contributed by atoms with Gasteiger partial charge in [-0.1, -0.05) is 20.3 Å². The second-order valence-corrected chi connectivity index (χ2v) is 6.63. The molecular formula is C18H28Cl2N4O. The molecule has 0 aliphatic heterocycles. The Labute approximate surface area is 161 Å². The smallest absolute Gasteiger partial charge is 0.231 e. The monoisotopic (exact) mass is 386 g/mol. The number of H-pyrrole nitrogens is 1. The second-order valence-electron chi connectivity index (χ2n) is 6.63. The first-order chi connectivity index (χ1) is 11.1. The number of aromatic nitrogens is 2. The first-order valence-electron chi connectivity index (χ1n) is 8.63. The van der Waals surface area contributed by atoms with E-state index in [1.165, 1.54) is 19.3 Å². The molecule has 7 heteroatoms. The van der Waals surface area contributed by atoms with Gasteiger partial charge in [0.25, 0.3) is 0 Å². The van der Waals surface area contributed by atoms with E-state index in [0.29, 0.717) is 12.5 Å². The molecule has 0 bridgehead atoms. The Bertz CT molecular complexity index is 700. The zero-order valence-electron chi connectivity index (χ0n) is 14.8. The van der Waals surface area contributed by atoms with Crippen LogP contribution in [0.15, 0.2) is 18.2 Å². The van der Waals surface area contributed by atoms with Crippen LogP contribution in [0.25, 0.3) is 11.0 Å². The highest BCUT2D eigenvalue weighted by molar-refractivity contribution is 5.97. The van der Waals surface area contributed by atoms with Gasteiger partial charge in [-0.25, -0.2) is 4.98 Å². The average Bonchev–Trinajstić information content (AvgIpc) is 2.90. The highest BCUT2D eigenvalue weighted by atomic mass is 35.5. The van der Waals surface area contributed by atoms with Crippen LogP contribution in [0.5, 0.6) is 0 Å². The van der Waals surface area contributed by atoms with Crippen LogP contribution < -0.4 is 11.1 Å². The molecule has 1 aromatic carbocycles. The first-order valence-corrected chi connectivity index (χ1v) is 8.63. The van der Waals surface area contributed by atoms with Gasteiger partial charge in [0.05, 0.1) is 16.4 Å². The molecular weight excluding hydrogens is 359 g/mol. The third-order valence-electron chi connectivity index (χ3n) is 5.48. The topological polar surface area (TPSA) is 83.8 Å². The molecule has 0 spiro atoms. The Morgan fingerprint density at radius 1 is 1.32 bits per heavy atom. The molecule has 1 amide bonds. The SMILES string of the molecule is CCC(CC)(CN)C(=O)Nc1ccc2nc(C3CCC3)[nH]c2c1.Cl.Cl. The number of amides is 1. The number of nitrogens with zero attached hydrogens (tertiary/aromatic N) is 1. The van der Waals surface area contributed by atoms with Crippen LogP contribution >= 0.6 is 24.8 Å². The van der Waals surface area contributed by atoms with Gasteiger partial charge in [0, 0.05) is 18.2 Å². The summed E-state index contributed by atoms with van der Waals surface area (Å²) in [6.45, 7) is 4.39. The lowest BCUT2D eigenvalue weighted by Gasteiger charge is -2.28. The van der Waals surface area contributed by atoms with Crippen LogP contribution in [-0.2, 0) is 4.79 Å². The number of nitrogens with two attached hydrogens (primary N) is 1. The molecule has 0 unspecified atom stereocenters. The number of carbonyl (C=O) groups excluding carboxylic acids is 1. The fourth-order valence-corrected chi connectivity index (χ4v) is 3.20. The largest absolute Gasteiger partial charge is 0.342 e. The van der Waals surface area contributed by atoms with Gasteiger partial charge in [-0.05, 0) is 43.9 Å². The maximum absolute atomic E-state index is 12.6. The van der Waals surface area contributed by atoms with Crippen LogP contribution in [0.1, 0.15) is 57.7 Å². The molecule has 1 fully saturated rings. The van der Waals surface area contributed by atoms with Crippen molar-refractivity contribution in [2.45, 2.75) is 51.9 Å². The van der Waals surface area contributed by atoms with E-state index in [9.17, 15) is 4.79 Å². The van der Waals surface area contributed by atoms with E-state index in [4.69, 9.17) is 5.73 Å². The molecule has 4 N–H and O–H groups in total. The van der Waals surface area contributed by atoms with Gasteiger partial charge in [0.1, 0.15) is 5.82 Å². The van der Waals surface area contributed by atoms with Gasteiger partial charge in [-0.15, -0.1) is 24.8 Å². The number of imidazole rings is 1. The van der Waals surface area contributed by atoms with Gasteiger partial charge >= 0.3 is 0 Å². The van der Waals surface area contributed by atoms with Gasteiger partial charge in [0.2, 0.25) is 5.91 Å². The van der Waals surface area contributed by atoms with Gasteiger partial charge in [0.15, 0.2) is 0 Å². The van der Waals surface area contributed by atoms with Gasteiger partial charge in [-0.3, -0.25) is 4.79 Å². The highest BCUT2D eigenvalue weighted by Gasteiger charge is 2.33. The zero-order valence-corrected chi connectivity index (χ0v) is 16.4. The van der Waals surface area contributed by atoms with Crippen molar-refractivity contribution >= 4 is 47.4 Å². The van der Waals surface area contributed by atoms with Crippen LogP contribution in [0.3, 0.4) is 0 Å². The third kappa shape index (κ3) is 4.10. The van der Waals surface area contributed by atoms with Crippen molar-refractivity contribution in [3.8, 4) is 0 Å². The summed E-state index contributed by atoms with van der Waals surface area (Å²) < 4.78 is 0. The van der Waals surface area contributed by atoms with Crippen molar-refractivity contribution in [3.05, 3.63) is 24.0 Å². The van der Waals surface area contributed by atoms with Crippen LogP contribution in [0.4, 0.5) is 5.69 Å². The summed E-state index contributed by atoms with van der Waals surface area (Å²) in [5.74, 6) is 1.65. The van der Waals surface area contributed by atoms with Crippen molar-refractivity contribution in [1.29, 1.82) is 0 Å². The van der Waals surface area contributed by atoms with E-state index in [-0.39, 0.29) is 30.7 Å². The molecule has 140 valence electrons. The minimum Gasteiger partial charge on any atom is -0.342 e. The number of hydrogen-bond acceptors (Lipinski definition) is 3. The molecule has 0 radical (unpaired) electrons. The number of halogens is 2. The van der Waals surface area contributed by atoms with Crippen molar-refractivity contribution in [1.82, 2.24) is 9.97 Å². The Kier molecular flexibility index (Phi) is 7.72. The average molecular weight is 387 g/mol. The zero-order chi connectivity index (χ0) is 16.4. The fraction of sp³-hybridized carbons (Fsp3) is 0.556. The van der Waals surface area contributed by atoms with E-state index in [1.54, 1.807) is 0 Å². The van der Waals surface area contributed by atoms with Gasteiger partial charge in [-0.2, -0.15) is 0 Å². The summed E-state index contributed by atoms with van der Waals surface area (Å²) in [5.41, 5.74) is 8.11. The van der Waals surface area contributed by atoms with E-state index >= 15 is 0 Å². The molecule has 0 saturated heterocycles. The maximum Gasteiger partial charge on any atom is 0.231 e. The van der Waals surface area contributed by atoms with E-state index < -0.39 is 5.41 Å². The summed E-state index contributed by atoms with van der Waals surface area (Å²) in [5, 5.41) is 3.03. The minimum atomic E-state index is -0.486. The predicted octanol–water partition coefficient (Wildman–Crippen LogP) is 4.38. The van der Waals surface area contributed by atoms with Crippen molar-refractivity contribution in [2.24, 2.45) is 11.1 Å². The molecule has 3 rings (SSSR count). The lowest BCUT2D eigenvalue weighted by atomic mass is 9.81. The minimum absolute atomic E-state index is 0. The number of aromatic amines is 1. The normalized spacial score (nSPS) is 14.4. The number of fused-ring (bicyclic) bond motifs is 1. The van der Waals surface area contributed by atoms with E-state index in [2.05, 4.69) is 15.3 Å². The lowest BCUT2D eigenvalue weighted by Crippen LogP contribution is -2.41. The molecule has 2 aromatic rings. The number of benzene rings is 1. The Morgan fingerprint density at radius 3 is 2.52 bits per heavy atom. The lowest BCUT2D eigenvalue weighted by molar-refractivity contribution is -0.125. The molecule has 1 saturated carbocycles. The van der Waals surface area contributed by atoms with Crippen molar-refractivity contribution in [2.75, 3.05) is 11.9 Å². The molecule has 5 nitrogen and oxygen atoms in total. The summed E-state index contributed by atoms with van der Waals surface area (Å²) in [6.07, 6.45) is 5.21. The summed E-state index contributed by atoms with van der Waals surface area (Å²) in [7, 11) is 0. The predicted molar refractivity (Wildman–Crippen MR) is 108 cm³/mol. The van der Waals surface area contributed by atoms with Crippen LogP contribution in [0.2, 0.25) is 0 Å². The van der Waals surface area contributed by atoms with E-state index in [0.717, 1.165) is 35.4 Å². The molecule has 1 aliphatic rings. The van der Waals surface area contributed by atoms with Crippen LogP contribution in [-0.4, -0.2) is 22.4 Å². The number of anilines is 1. The molecule has 1 heterocycles. The summed E-state index contributed by atoms with van der Waals surface area (Å²) >= 11 is 0. The quantitative estimate of drug-likeness (QED) is 0.688.